The summed E-state index contributed by atoms with van der Waals surface area (Å²) in [5.74, 6) is 0. The number of hydrogen-bond donors (Lipinski definition) is 2. The highest BCUT2D eigenvalue weighted by Gasteiger charge is 2.00. The van der Waals surface area contributed by atoms with Crippen LogP contribution in [0.5, 0.6) is 0 Å². The van der Waals surface area contributed by atoms with Gasteiger partial charge in [-0.15, -0.1) is 10.2 Å². The van der Waals surface area contributed by atoms with E-state index >= 15 is 0 Å². The average Bonchev–Trinajstić information content (AvgIpc) is 2.77. The van der Waals surface area contributed by atoms with Crippen molar-refractivity contribution >= 4 is 32.4 Å². The Morgan fingerprint density at radius 3 is 3.07 bits per heavy atom. The van der Waals surface area contributed by atoms with Crippen molar-refractivity contribution in [2.45, 2.75) is 6.42 Å². The second-order valence-corrected chi connectivity index (χ2v) is 4.87. The van der Waals surface area contributed by atoms with Crippen LogP contribution in [0.2, 0.25) is 0 Å². The SMILES string of the molecule is Brc1nnc(NCCc2cnc[nH]2)s1. The summed E-state index contributed by atoms with van der Waals surface area (Å²) < 4.78 is 0.793. The Balaban J connectivity index is 1.78. The van der Waals surface area contributed by atoms with Crippen molar-refractivity contribution in [3.05, 3.63) is 22.1 Å². The van der Waals surface area contributed by atoms with Gasteiger partial charge in [0.25, 0.3) is 0 Å². The first-order valence-electron chi connectivity index (χ1n) is 4.05. The minimum Gasteiger partial charge on any atom is -0.360 e. The van der Waals surface area contributed by atoms with Gasteiger partial charge in [0.15, 0.2) is 3.92 Å². The van der Waals surface area contributed by atoms with Crippen molar-refractivity contribution in [2.75, 3.05) is 11.9 Å². The Kier molecular flexibility index (Phi) is 3.10. The van der Waals surface area contributed by atoms with E-state index in [1.54, 1.807) is 6.33 Å². The van der Waals surface area contributed by atoms with E-state index in [0.29, 0.717) is 0 Å². The first-order valence-corrected chi connectivity index (χ1v) is 5.65. The van der Waals surface area contributed by atoms with Crippen molar-refractivity contribution in [3.8, 4) is 0 Å². The van der Waals surface area contributed by atoms with E-state index in [1.165, 1.54) is 11.3 Å². The Morgan fingerprint density at radius 1 is 1.50 bits per heavy atom. The second-order valence-electron chi connectivity index (χ2n) is 2.61. The summed E-state index contributed by atoms with van der Waals surface area (Å²) in [5.41, 5.74) is 1.11. The third kappa shape index (κ3) is 2.52. The van der Waals surface area contributed by atoms with Gasteiger partial charge >= 0.3 is 0 Å². The smallest absolute Gasteiger partial charge is 0.206 e. The zero-order valence-electron chi connectivity index (χ0n) is 7.20. The summed E-state index contributed by atoms with van der Waals surface area (Å²) in [4.78, 5) is 6.97. The number of nitrogens with zero attached hydrogens (tertiary/aromatic N) is 3. The molecule has 0 saturated heterocycles. The number of nitrogens with one attached hydrogen (secondary N) is 2. The molecule has 0 radical (unpaired) electrons. The molecular weight excluding hydrogens is 266 g/mol. The molecule has 0 aliphatic heterocycles. The van der Waals surface area contributed by atoms with Crippen molar-refractivity contribution in [1.82, 2.24) is 20.2 Å². The number of aromatic amines is 1. The molecule has 5 nitrogen and oxygen atoms in total. The number of rotatable bonds is 4. The van der Waals surface area contributed by atoms with Crippen LogP contribution in [0.25, 0.3) is 0 Å². The summed E-state index contributed by atoms with van der Waals surface area (Å²) in [6, 6.07) is 0. The Morgan fingerprint density at radius 2 is 2.43 bits per heavy atom. The third-order valence-electron chi connectivity index (χ3n) is 1.63. The molecule has 2 rings (SSSR count). The van der Waals surface area contributed by atoms with Gasteiger partial charge in [0.1, 0.15) is 0 Å². The molecule has 0 saturated carbocycles. The highest BCUT2D eigenvalue weighted by Crippen LogP contribution is 2.19. The van der Waals surface area contributed by atoms with Gasteiger partial charge in [0.05, 0.1) is 6.33 Å². The van der Waals surface area contributed by atoms with Gasteiger partial charge in [-0.05, 0) is 15.9 Å². The fraction of sp³-hybridized carbons (Fsp3) is 0.286. The lowest BCUT2D eigenvalue weighted by Gasteiger charge is -1.98. The van der Waals surface area contributed by atoms with Crippen molar-refractivity contribution < 1.29 is 0 Å². The Bertz CT molecular complexity index is 384. The van der Waals surface area contributed by atoms with E-state index in [2.05, 4.69) is 41.4 Å². The number of imidazole rings is 1. The molecule has 0 fully saturated rings. The van der Waals surface area contributed by atoms with E-state index in [-0.39, 0.29) is 0 Å². The molecule has 7 heteroatoms. The van der Waals surface area contributed by atoms with Gasteiger partial charge in [0, 0.05) is 24.9 Å². The lowest BCUT2D eigenvalue weighted by molar-refractivity contribution is 0.961. The molecule has 0 unspecified atom stereocenters. The lowest BCUT2D eigenvalue weighted by atomic mass is 10.3. The topological polar surface area (TPSA) is 66.5 Å². The maximum Gasteiger partial charge on any atom is 0.206 e. The summed E-state index contributed by atoms with van der Waals surface area (Å²) in [5, 5.41) is 11.8. The van der Waals surface area contributed by atoms with Gasteiger partial charge in [-0.1, -0.05) is 11.3 Å². The van der Waals surface area contributed by atoms with Crippen LogP contribution < -0.4 is 5.32 Å². The highest BCUT2D eigenvalue weighted by molar-refractivity contribution is 9.11. The first-order chi connectivity index (χ1) is 6.84. The van der Waals surface area contributed by atoms with Crippen molar-refractivity contribution in [1.29, 1.82) is 0 Å². The molecule has 0 aliphatic rings. The third-order valence-corrected chi connectivity index (χ3v) is 2.94. The van der Waals surface area contributed by atoms with Crippen LogP contribution in [0.4, 0.5) is 5.13 Å². The molecule has 0 atom stereocenters. The summed E-state index contributed by atoms with van der Waals surface area (Å²) >= 11 is 4.73. The number of hydrogen-bond acceptors (Lipinski definition) is 5. The maximum atomic E-state index is 3.94. The number of aromatic nitrogens is 4. The minimum atomic E-state index is 0.793. The Hall–Kier alpha value is -0.950. The van der Waals surface area contributed by atoms with Gasteiger partial charge in [-0.2, -0.15) is 0 Å². The largest absolute Gasteiger partial charge is 0.360 e. The molecule has 2 heterocycles. The van der Waals surface area contributed by atoms with E-state index in [9.17, 15) is 0 Å². The molecule has 14 heavy (non-hydrogen) atoms. The molecule has 0 amide bonds. The molecule has 0 aliphatic carbocycles. The highest BCUT2D eigenvalue weighted by atomic mass is 79.9. The number of halogens is 1. The van der Waals surface area contributed by atoms with Crippen LogP contribution in [-0.2, 0) is 6.42 Å². The zero-order chi connectivity index (χ0) is 9.80. The summed E-state index contributed by atoms with van der Waals surface area (Å²) in [6.07, 6.45) is 4.39. The molecule has 2 aromatic rings. The van der Waals surface area contributed by atoms with E-state index in [0.717, 1.165) is 27.7 Å². The molecule has 0 bridgehead atoms. The van der Waals surface area contributed by atoms with Gasteiger partial charge < -0.3 is 10.3 Å². The maximum absolute atomic E-state index is 3.94. The summed E-state index contributed by atoms with van der Waals surface area (Å²) in [6.45, 7) is 0.823. The van der Waals surface area contributed by atoms with E-state index in [4.69, 9.17) is 0 Å². The van der Waals surface area contributed by atoms with Crippen LogP contribution in [0, 0.1) is 0 Å². The van der Waals surface area contributed by atoms with Crippen molar-refractivity contribution in [2.24, 2.45) is 0 Å². The molecule has 2 aromatic heterocycles. The van der Waals surface area contributed by atoms with E-state index in [1.807, 2.05) is 6.20 Å². The van der Waals surface area contributed by atoms with Gasteiger partial charge in [0.2, 0.25) is 5.13 Å². The normalized spacial score (nSPS) is 10.4. The Labute approximate surface area is 93.1 Å². The standard InChI is InChI=1S/C7H8BrN5S/c8-6-12-13-7(14-6)10-2-1-5-3-9-4-11-5/h3-4H,1-2H2,(H,9,11)(H,10,13). The first kappa shape index (κ1) is 9.60. The minimum absolute atomic E-state index is 0.793. The van der Waals surface area contributed by atoms with Crippen molar-refractivity contribution in [3.63, 3.8) is 0 Å². The zero-order valence-corrected chi connectivity index (χ0v) is 9.60. The average molecular weight is 274 g/mol. The monoisotopic (exact) mass is 273 g/mol. The van der Waals surface area contributed by atoms with Crippen LogP contribution in [0.1, 0.15) is 5.69 Å². The van der Waals surface area contributed by atoms with Crippen LogP contribution in [0.3, 0.4) is 0 Å². The molecule has 0 spiro atoms. The quantitative estimate of drug-likeness (QED) is 0.890. The molecule has 74 valence electrons. The molecular formula is C7H8BrN5S. The fourth-order valence-electron chi connectivity index (χ4n) is 1.00. The second kappa shape index (κ2) is 4.52. The lowest BCUT2D eigenvalue weighted by Crippen LogP contribution is -2.04. The fourth-order valence-corrected chi connectivity index (χ4v) is 2.04. The van der Waals surface area contributed by atoms with E-state index < -0.39 is 0 Å². The van der Waals surface area contributed by atoms with Crippen LogP contribution >= 0.6 is 27.3 Å². The van der Waals surface area contributed by atoms with Gasteiger partial charge in [-0.25, -0.2) is 4.98 Å². The van der Waals surface area contributed by atoms with Gasteiger partial charge in [-0.3, -0.25) is 0 Å². The predicted octanol–water partition coefficient (Wildman–Crippen LogP) is 1.68. The predicted molar refractivity (Wildman–Crippen MR) is 58.4 cm³/mol. The van der Waals surface area contributed by atoms with Crippen LogP contribution in [0.15, 0.2) is 16.4 Å². The summed E-state index contributed by atoms with van der Waals surface area (Å²) in [7, 11) is 0. The number of anilines is 1. The number of H-pyrrole nitrogens is 1. The molecule has 0 aromatic carbocycles. The molecule has 2 N–H and O–H groups in total. The van der Waals surface area contributed by atoms with Crippen LogP contribution in [-0.4, -0.2) is 26.7 Å².